The second kappa shape index (κ2) is 12.9. The van der Waals surface area contributed by atoms with E-state index in [1.54, 1.807) is 0 Å². The van der Waals surface area contributed by atoms with Gasteiger partial charge in [0.05, 0.1) is 12.2 Å². The largest absolute Gasteiger partial charge is 0.357 e. The van der Waals surface area contributed by atoms with Gasteiger partial charge in [0.1, 0.15) is 0 Å². The van der Waals surface area contributed by atoms with Crippen LogP contribution in [0, 0.1) is 13.8 Å². The van der Waals surface area contributed by atoms with Crippen molar-refractivity contribution in [1.29, 1.82) is 0 Å². The van der Waals surface area contributed by atoms with Gasteiger partial charge in [0, 0.05) is 38.3 Å². The van der Waals surface area contributed by atoms with Crippen molar-refractivity contribution in [3.05, 3.63) is 17.0 Å². The third-order valence-corrected chi connectivity index (χ3v) is 4.08. The summed E-state index contributed by atoms with van der Waals surface area (Å²) in [4.78, 5) is 16.2. The SMILES string of the molecule is CCCNC(=O)CCN=C(NCC)NC(C)Cc1c(C)nn(C)c1C.I. The molecule has 0 spiro atoms. The molecular weight excluding hydrogens is 443 g/mol. The van der Waals surface area contributed by atoms with E-state index in [-0.39, 0.29) is 35.9 Å². The summed E-state index contributed by atoms with van der Waals surface area (Å²) >= 11 is 0. The van der Waals surface area contributed by atoms with Crippen LogP contribution in [0.15, 0.2) is 4.99 Å². The molecule has 0 saturated carbocycles. The Hall–Kier alpha value is -1.32. The summed E-state index contributed by atoms with van der Waals surface area (Å²) in [6.45, 7) is 12.3. The van der Waals surface area contributed by atoms with Gasteiger partial charge >= 0.3 is 0 Å². The lowest BCUT2D eigenvalue weighted by molar-refractivity contribution is -0.120. The van der Waals surface area contributed by atoms with Gasteiger partial charge in [-0.1, -0.05) is 6.92 Å². The molecule has 0 aliphatic heterocycles. The van der Waals surface area contributed by atoms with Gasteiger partial charge in [-0.15, -0.1) is 24.0 Å². The Balaban J connectivity index is 0.00000625. The van der Waals surface area contributed by atoms with Crippen molar-refractivity contribution in [2.75, 3.05) is 19.6 Å². The van der Waals surface area contributed by atoms with E-state index in [1.165, 1.54) is 11.3 Å². The van der Waals surface area contributed by atoms with E-state index in [0.717, 1.165) is 37.6 Å². The molecule has 0 saturated heterocycles. The van der Waals surface area contributed by atoms with E-state index >= 15 is 0 Å². The second-order valence-corrected chi connectivity index (χ2v) is 6.38. The molecule has 0 fully saturated rings. The van der Waals surface area contributed by atoms with Crippen molar-refractivity contribution in [3.8, 4) is 0 Å². The van der Waals surface area contributed by atoms with Crippen LogP contribution in [0.5, 0.6) is 0 Å². The molecule has 1 aromatic rings. The Bertz CT molecular complexity index is 584. The number of aryl methyl sites for hydroxylation is 2. The normalized spacial score (nSPS) is 12.3. The first-order chi connectivity index (χ1) is 11.9. The lowest BCUT2D eigenvalue weighted by atomic mass is 10.1. The molecule has 1 aromatic heterocycles. The van der Waals surface area contributed by atoms with Crippen LogP contribution in [-0.4, -0.2) is 47.3 Å². The predicted molar refractivity (Wildman–Crippen MR) is 118 cm³/mol. The molecule has 150 valence electrons. The number of halogens is 1. The fraction of sp³-hybridized carbons (Fsp3) is 0.722. The number of nitrogens with zero attached hydrogens (tertiary/aromatic N) is 3. The fourth-order valence-electron chi connectivity index (χ4n) is 2.65. The summed E-state index contributed by atoms with van der Waals surface area (Å²) in [5.74, 6) is 0.800. The van der Waals surface area contributed by atoms with Crippen LogP contribution < -0.4 is 16.0 Å². The molecule has 0 bridgehead atoms. The first-order valence-electron chi connectivity index (χ1n) is 9.19. The molecule has 26 heavy (non-hydrogen) atoms. The zero-order chi connectivity index (χ0) is 18.8. The van der Waals surface area contributed by atoms with E-state index in [1.807, 2.05) is 32.5 Å². The lowest BCUT2D eigenvalue weighted by Crippen LogP contribution is -2.43. The second-order valence-electron chi connectivity index (χ2n) is 6.38. The summed E-state index contributed by atoms with van der Waals surface area (Å²) in [6.07, 6.45) is 2.24. The van der Waals surface area contributed by atoms with Gasteiger partial charge in [0.2, 0.25) is 5.91 Å². The molecule has 0 radical (unpaired) electrons. The minimum atomic E-state index is 0. The molecule has 1 amide bonds. The van der Waals surface area contributed by atoms with Gasteiger partial charge in [0.25, 0.3) is 0 Å². The molecule has 1 heterocycles. The van der Waals surface area contributed by atoms with E-state index in [4.69, 9.17) is 0 Å². The van der Waals surface area contributed by atoms with Gasteiger partial charge in [-0.3, -0.25) is 14.5 Å². The first-order valence-corrected chi connectivity index (χ1v) is 9.19. The molecule has 3 N–H and O–H groups in total. The van der Waals surface area contributed by atoms with E-state index in [0.29, 0.717) is 13.0 Å². The smallest absolute Gasteiger partial charge is 0.221 e. The van der Waals surface area contributed by atoms with Gasteiger partial charge in [0.15, 0.2) is 5.96 Å². The maximum absolute atomic E-state index is 11.7. The maximum atomic E-state index is 11.7. The van der Waals surface area contributed by atoms with Crippen molar-refractivity contribution in [2.24, 2.45) is 12.0 Å². The maximum Gasteiger partial charge on any atom is 0.221 e. The molecule has 0 aromatic carbocycles. The summed E-state index contributed by atoms with van der Waals surface area (Å²) in [7, 11) is 1.97. The van der Waals surface area contributed by atoms with E-state index < -0.39 is 0 Å². The quantitative estimate of drug-likeness (QED) is 0.288. The van der Waals surface area contributed by atoms with Crippen LogP contribution in [-0.2, 0) is 18.3 Å². The monoisotopic (exact) mass is 478 g/mol. The number of aromatic nitrogens is 2. The van der Waals surface area contributed by atoms with Crippen LogP contribution in [0.2, 0.25) is 0 Å². The Morgan fingerprint density at radius 3 is 2.50 bits per heavy atom. The highest BCUT2D eigenvalue weighted by molar-refractivity contribution is 14.0. The number of carbonyl (C=O) groups excluding carboxylic acids is 1. The highest BCUT2D eigenvalue weighted by Gasteiger charge is 2.14. The van der Waals surface area contributed by atoms with Gasteiger partial charge in [-0.25, -0.2) is 0 Å². The summed E-state index contributed by atoms with van der Waals surface area (Å²) in [6, 6.07) is 0.216. The fourth-order valence-corrected chi connectivity index (χ4v) is 2.65. The number of guanidine groups is 1. The Labute approximate surface area is 174 Å². The van der Waals surface area contributed by atoms with Crippen molar-refractivity contribution in [2.45, 2.75) is 59.9 Å². The zero-order valence-corrected chi connectivity index (χ0v) is 19.3. The minimum Gasteiger partial charge on any atom is -0.357 e. The molecule has 0 aliphatic rings. The highest BCUT2D eigenvalue weighted by atomic mass is 127. The van der Waals surface area contributed by atoms with Crippen LogP contribution in [0.3, 0.4) is 0 Å². The third-order valence-electron chi connectivity index (χ3n) is 4.08. The average molecular weight is 478 g/mol. The Morgan fingerprint density at radius 1 is 1.27 bits per heavy atom. The standard InChI is InChI=1S/C18H34N6O.HI/c1-7-10-20-17(25)9-11-21-18(19-8-2)22-13(3)12-16-14(4)23-24(6)15(16)5;/h13H,7-12H2,1-6H3,(H,20,25)(H2,19,21,22);1H. The molecule has 0 aliphatic carbocycles. The minimum absolute atomic E-state index is 0. The van der Waals surface area contributed by atoms with E-state index in [9.17, 15) is 4.79 Å². The van der Waals surface area contributed by atoms with Crippen LogP contribution in [0.4, 0.5) is 0 Å². The van der Waals surface area contributed by atoms with Crippen molar-refractivity contribution in [1.82, 2.24) is 25.7 Å². The molecular formula is C18H35IN6O. The van der Waals surface area contributed by atoms with Crippen molar-refractivity contribution in [3.63, 3.8) is 0 Å². The lowest BCUT2D eigenvalue weighted by Gasteiger charge is -2.18. The number of hydrogen-bond donors (Lipinski definition) is 3. The number of hydrogen-bond acceptors (Lipinski definition) is 3. The molecule has 7 nitrogen and oxygen atoms in total. The molecule has 1 rings (SSSR count). The number of rotatable bonds is 9. The Kier molecular flexibility index (Phi) is 12.3. The summed E-state index contributed by atoms with van der Waals surface area (Å²) in [5.41, 5.74) is 3.54. The van der Waals surface area contributed by atoms with Crippen LogP contribution >= 0.6 is 24.0 Å². The average Bonchev–Trinajstić information content (AvgIpc) is 2.79. The summed E-state index contributed by atoms with van der Waals surface area (Å²) < 4.78 is 1.92. The third kappa shape index (κ3) is 8.37. The predicted octanol–water partition coefficient (Wildman–Crippen LogP) is 2.06. The van der Waals surface area contributed by atoms with Crippen molar-refractivity contribution < 1.29 is 4.79 Å². The summed E-state index contributed by atoms with van der Waals surface area (Å²) in [5, 5.41) is 14.0. The Morgan fingerprint density at radius 2 is 1.96 bits per heavy atom. The van der Waals surface area contributed by atoms with Gasteiger partial charge in [-0.2, -0.15) is 5.10 Å². The first kappa shape index (κ1) is 24.7. The molecule has 8 heteroatoms. The topological polar surface area (TPSA) is 83.3 Å². The number of aliphatic imine (C=N–C) groups is 1. The number of carbonyl (C=O) groups is 1. The van der Waals surface area contributed by atoms with E-state index in [2.05, 4.69) is 39.9 Å². The number of nitrogens with one attached hydrogen (secondary N) is 3. The van der Waals surface area contributed by atoms with Gasteiger partial charge < -0.3 is 16.0 Å². The van der Waals surface area contributed by atoms with Crippen LogP contribution in [0.25, 0.3) is 0 Å². The van der Waals surface area contributed by atoms with Crippen LogP contribution in [0.1, 0.15) is 50.6 Å². The zero-order valence-electron chi connectivity index (χ0n) is 17.0. The van der Waals surface area contributed by atoms with Gasteiger partial charge in [-0.05, 0) is 46.1 Å². The highest BCUT2D eigenvalue weighted by Crippen LogP contribution is 2.14. The van der Waals surface area contributed by atoms with Crippen molar-refractivity contribution >= 4 is 35.8 Å². The number of amides is 1. The molecule has 1 atom stereocenters. The molecule has 1 unspecified atom stereocenters.